The number of nitrogens with zero attached hydrogens (tertiary/aromatic N) is 3. The van der Waals surface area contributed by atoms with Crippen molar-refractivity contribution in [2.45, 2.75) is 44.9 Å². The molecular weight excluding hydrogens is 467 g/mol. The van der Waals surface area contributed by atoms with Gasteiger partial charge in [-0.1, -0.05) is 30.9 Å². The van der Waals surface area contributed by atoms with E-state index in [0.717, 1.165) is 38.6 Å². The van der Waals surface area contributed by atoms with E-state index in [2.05, 4.69) is 15.2 Å². The molecule has 1 saturated carbocycles. The largest absolute Gasteiger partial charge is 1.00 e. The van der Waals surface area contributed by atoms with Gasteiger partial charge in [0, 0.05) is 28.6 Å². The first kappa shape index (κ1) is 26.6. The number of hydrogen-bond acceptors (Lipinski definition) is 5. The molecule has 1 aromatic heterocycles. The predicted octanol–water partition coefficient (Wildman–Crippen LogP) is 1.85. The molecule has 0 atom stereocenters. The minimum absolute atomic E-state index is 0. The Labute approximate surface area is 205 Å². The zero-order valence-corrected chi connectivity index (χ0v) is 21.0. The first-order valence-corrected chi connectivity index (χ1v) is 12.1. The van der Waals surface area contributed by atoms with Crippen molar-refractivity contribution >= 4 is 45.6 Å². The number of benzene rings is 1. The molecule has 0 aliphatic heterocycles. The van der Waals surface area contributed by atoms with Crippen LogP contribution in [0.3, 0.4) is 0 Å². The molecule has 32 heavy (non-hydrogen) atoms. The second kappa shape index (κ2) is 13.1. The van der Waals surface area contributed by atoms with Gasteiger partial charge >= 0.3 is 0 Å². The van der Waals surface area contributed by atoms with E-state index < -0.39 is 0 Å². The van der Waals surface area contributed by atoms with Gasteiger partial charge in [-0.15, -0.1) is 11.3 Å². The van der Waals surface area contributed by atoms with Crippen LogP contribution in [0.4, 0.5) is 10.8 Å². The Hall–Kier alpha value is -1.67. The van der Waals surface area contributed by atoms with E-state index in [4.69, 9.17) is 11.6 Å². The molecule has 6 nitrogen and oxygen atoms in total. The van der Waals surface area contributed by atoms with E-state index in [1.807, 2.05) is 24.4 Å². The molecule has 3 rings (SSSR count). The number of rotatable bonds is 9. The minimum Gasteiger partial charge on any atom is -1.00 e. The van der Waals surface area contributed by atoms with Crippen LogP contribution in [0, 0.1) is 5.92 Å². The van der Waals surface area contributed by atoms with Gasteiger partial charge < -0.3 is 22.6 Å². The summed E-state index contributed by atoms with van der Waals surface area (Å²) in [5, 5.41) is 6.06. The number of thiazole rings is 1. The molecule has 9 heteroatoms. The van der Waals surface area contributed by atoms with Crippen molar-refractivity contribution in [1.82, 2.24) is 9.88 Å². The Morgan fingerprint density at radius 1 is 1.12 bits per heavy atom. The smallest absolute Gasteiger partial charge is 0.231 e. The molecular formula is C23H31Cl2N4O2S-. The summed E-state index contributed by atoms with van der Waals surface area (Å²) in [7, 11) is 4.07. The van der Waals surface area contributed by atoms with E-state index in [9.17, 15) is 9.59 Å². The third-order valence-electron chi connectivity index (χ3n) is 5.45. The molecule has 1 N–H and O–H groups in total. The second-order valence-electron chi connectivity index (χ2n) is 8.33. The van der Waals surface area contributed by atoms with Crippen molar-refractivity contribution in [3.63, 3.8) is 0 Å². The first-order valence-electron chi connectivity index (χ1n) is 10.9. The molecule has 1 aliphatic rings. The van der Waals surface area contributed by atoms with E-state index >= 15 is 0 Å². The molecule has 2 amide bonds. The zero-order valence-electron chi connectivity index (χ0n) is 18.7. The van der Waals surface area contributed by atoms with Crippen LogP contribution in [0.25, 0.3) is 0 Å². The molecule has 176 valence electrons. The van der Waals surface area contributed by atoms with Crippen molar-refractivity contribution in [3.05, 3.63) is 40.4 Å². The average molecular weight is 499 g/mol. The highest BCUT2D eigenvalue weighted by Crippen LogP contribution is 2.29. The number of carbonyl (C=O) groups excluding carboxylic acids is 2. The number of aromatic nitrogens is 1. The third-order valence-corrected chi connectivity index (χ3v) is 6.61. The maximum Gasteiger partial charge on any atom is 0.231 e. The summed E-state index contributed by atoms with van der Waals surface area (Å²) < 4.78 is 0. The standard InChI is InChI=1S/C23H31ClN4O2S.ClH/c1-27(2)13-6-14-28(22(30)17-7-4-3-5-8-17)23-26-20(16-31-23)15-21(29)25-19-11-9-18(24)10-12-19;/h9-12,16-17H,3-8,13-15H2,1-2H3,(H,25,29);1H/p-1. The SMILES string of the molecule is CN(C)CCCN(C(=O)C1CCCCC1)c1nc(CC(=O)Nc2ccc(Cl)cc2)cs1.[Cl-]. The van der Waals surface area contributed by atoms with Crippen molar-refractivity contribution in [3.8, 4) is 0 Å². The molecule has 0 spiro atoms. The molecule has 0 saturated heterocycles. The van der Waals surface area contributed by atoms with Gasteiger partial charge in [-0.05, 0) is 64.2 Å². The molecule has 0 bridgehead atoms. The average Bonchev–Trinajstić information content (AvgIpc) is 3.20. The highest BCUT2D eigenvalue weighted by Gasteiger charge is 2.28. The number of anilines is 2. The molecule has 0 unspecified atom stereocenters. The fourth-order valence-electron chi connectivity index (χ4n) is 3.82. The Bertz CT molecular complexity index is 867. The molecule has 2 aromatic rings. The Morgan fingerprint density at radius 3 is 2.47 bits per heavy atom. The lowest BCUT2D eigenvalue weighted by molar-refractivity contribution is -0.123. The van der Waals surface area contributed by atoms with Crippen molar-refractivity contribution < 1.29 is 22.0 Å². The fourth-order valence-corrected chi connectivity index (χ4v) is 4.80. The zero-order chi connectivity index (χ0) is 22.2. The van der Waals surface area contributed by atoms with Crippen LogP contribution in [-0.4, -0.2) is 48.9 Å². The van der Waals surface area contributed by atoms with Crippen LogP contribution in [0.2, 0.25) is 5.02 Å². The van der Waals surface area contributed by atoms with Crippen LogP contribution >= 0.6 is 22.9 Å². The summed E-state index contributed by atoms with van der Waals surface area (Å²) in [6.07, 6.45) is 6.44. The van der Waals surface area contributed by atoms with Gasteiger partial charge in [-0.2, -0.15) is 0 Å². The number of hydrogen-bond donors (Lipinski definition) is 1. The van der Waals surface area contributed by atoms with Crippen LogP contribution < -0.4 is 22.6 Å². The Balaban J connectivity index is 0.00000363. The van der Waals surface area contributed by atoms with Gasteiger partial charge in [0.15, 0.2) is 5.13 Å². The van der Waals surface area contributed by atoms with E-state index in [1.54, 1.807) is 24.3 Å². The number of halogens is 2. The van der Waals surface area contributed by atoms with Gasteiger partial charge in [-0.3, -0.25) is 14.5 Å². The van der Waals surface area contributed by atoms with Crippen LogP contribution in [0.15, 0.2) is 29.6 Å². The lowest BCUT2D eigenvalue weighted by atomic mass is 9.88. The summed E-state index contributed by atoms with van der Waals surface area (Å²) in [4.78, 5) is 34.3. The summed E-state index contributed by atoms with van der Waals surface area (Å²) in [5.74, 6) is 0.135. The topological polar surface area (TPSA) is 65.5 Å². The minimum atomic E-state index is -0.142. The summed E-state index contributed by atoms with van der Waals surface area (Å²) >= 11 is 7.33. The fraction of sp³-hybridized carbons (Fsp3) is 0.522. The van der Waals surface area contributed by atoms with E-state index in [1.165, 1.54) is 17.8 Å². The third kappa shape index (κ3) is 8.03. The normalized spacial score (nSPS) is 14.1. The van der Waals surface area contributed by atoms with Gasteiger partial charge in [-0.25, -0.2) is 4.98 Å². The van der Waals surface area contributed by atoms with Crippen molar-refractivity contribution in [1.29, 1.82) is 0 Å². The number of amides is 2. The van der Waals surface area contributed by atoms with E-state index in [0.29, 0.717) is 28.1 Å². The summed E-state index contributed by atoms with van der Waals surface area (Å²) in [6.45, 7) is 1.56. The van der Waals surface area contributed by atoms with Gasteiger partial charge in [0.1, 0.15) is 0 Å². The van der Waals surface area contributed by atoms with E-state index in [-0.39, 0.29) is 36.6 Å². The maximum atomic E-state index is 13.3. The lowest BCUT2D eigenvalue weighted by Crippen LogP contribution is -3.00. The second-order valence-corrected chi connectivity index (χ2v) is 9.61. The summed E-state index contributed by atoms with van der Waals surface area (Å²) in [6, 6.07) is 7.01. The summed E-state index contributed by atoms with van der Waals surface area (Å²) in [5.41, 5.74) is 1.38. The van der Waals surface area contributed by atoms with Crippen LogP contribution in [-0.2, 0) is 16.0 Å². The molecule has 1 heterocycles. The highest BCUT2D eigenvalue weighted by atomic mass is 35.5. The molecule has 0 radical (unpaired) electrons. The van der Waals surface area contributed by atoms with Crippen LogP contribution in [0.5, 0.6) is 0 Å². The Morgan fingerprint density at radius 2 is 1.81 bits per heavy atom. The number of carbonyl (C=O) groups is 2. The highest BCUT2D eigenvalue weighted by molar-refractivity contribution is 7.14. The van der Waals surface area contributed by atoms with Crippen molar-refractivity contribution in [2.75, 3.05) is 37.4 Å². The predicted molar refractivity (Wildman–Crippen MR) is 128 cm³/mol. The Kier molecular flexibility index (Phi) is 10.9. The molecule has 1 aliphatic carbocycles. The molecule has 1 fully saturated rings. The molecule has 1 aromatic carbocycles. The monoisotopic (exact) mass is 497 g/mol. The number of nitrogens with one attached hydrogen (secondary N) is 1. The van der Waals surface area contributed by atoms with Gasteiger partial charge in [0.2, 0.25) is 11.8 Å². The van der Waals surface area contributed by atoms with Crippen molar-refractivity contribution in [2.24, 2.45) is 5.92 Å². The van der Waals surface area contributed by atoms with Gasteiger partial charge in [0.05, 0.1) is 12.1 Å². The first-order chi connectivity index (χ1) is 14.9. The van der Waals surface area contributed by atoms with Crippen LogP contribution in [0.1, 0.15) is 44.2 Å². The van der Waals surface area contributed by atoms with Gasteiger partial charge in [0.25, 0.3) is 0 Å². The quantitative estimate of drug-likeness (QED) is 0.573. The lowest BCUT2D eigenvalue weighted by Gasteiger charge is -2.28. The maximum absolute atomic E-state index is 13.3.